The fraction of sp³-hybridized carbons (Fsp3) is 0.500. The average Bonchev–Trinajstić information content (AvgIpc) is 3.18. The summed E-state index contributed by atoms with van der Waals surface area (Å²) in [6.07, 6.45) is -4.61. The molecule has 0 radical (unpaired) electrons. The van der Waals surface area contributed by atoms with Gasteiger partial charge in [0.05, 0.1) is 31.0 Å². The predicted octanol–water partition coefficient (Wildman–Crippen LogP) is -1.23. The van der Waals surface area contributed by atoms with Crippen molar-refractivity contribution in [3.8, 4) is 5.75 Å². The summed E-state index contributed by atoms with van der Waals surface area (Å²) >= 11 is 0. The number of aliphatic hydroxyl groups is 5. The maximum absolute atomic E-state index is 12.5. The lowest BCUT2D eigenvalue weighted by Crippen LogP contribution is -2.60. The number of ether oxygens (including phenoxy) is 4. The maximum Gasteiger partial charge on any atom is 0.338 e. The van der Waals surface area contributed by atoms with Crippen LogP contribution in [0.2, 0.25) is 0 Å². The summed E-state index contributed by atoms with van der Waals surface area (Å²) in [7, 11) is 0. The largest absolute Gasteiger partial charge is 0.508 e. The van der Waals surface area contributed by atoms with Gasteiger partial charge in [0, 0.05) is 5.92 Å². The highest BCUT2D eigenvalue weighted by Crippen LogP contribution is 2.42. The minimum atomic E-state index is -1.62. The van der Waals surface area contributed by atoms with Crippen molar-refractivity contribution in [1.82, 2.24) is 0 Å². The SMILES string of the molecule is O=C(OC1C=C(CO)[C@H]2C(OC3OC(CO)C(O)C(O)C3O)OC=C[C@@H]12)c1ccc(O)cc1. The normalized spacial score (nSPS) is 37.7. The number of carbonyl (C=O) groups is 1. The summed E-state index contributed by atoms with van der Waals surface area (Å²) in [5, 5.41) is 58.8. The summed E-state index contributed by atoms with van der Waals surface area (Å²) in [6, 6.07) is 5.57. The third kappa shape index (κ3) is 4.62. The lowest BCUT2D eigenvalue weighted by Gasteiger charge is -2.42. The Morgan fingerprint density at radius 2 is 1.73 bits per heavy atom. The van der Waals surface area contributed by atoms with Crippen molar-refractivity contribution in [1.29, 1.82) is 0 Å². The molecule has 4 rings (SSSR count). The number of hydrogen-bond donors (Lipinski definition) is 6. The molecule has 1 aromatic carbocycles. The zero-order chi connectivity index (χ0) is 23.7. The van der Waals surface area contributed by atoms with Crippen LogP contribution < -0.4 is 0 Å². The highest BCUT2D eigenvalue weighted by Gasteiger charge is 2.50. The number of benzene rings is 1. The van der Waals surface area contributed by atoms with Crippen LogP contribution in [0, 0.1) is 11.8 Å². The molecule has 180 valence electrons. The maximum atomic E-state index is 12.5. The minimum absolute atomic E-state index is 0.00971. The van der Waals surface area contributed by atoms with Crippen molar-refractivity contribution in [2.45, 2.75) is 43.1 Å². The third-order valence-electron chi connectivity index (χ3n) is 6.05. The average molecular weight is 466 g/mol. The molecule has 1 aliphatic carbocycles. The monoisotopic (exact) mass is 466 g/mol. The van der Waals surface area contributed by atoms with Gasteiger partial charge in [-0.05, 0) is 42.0 Å². The number of carbonyl (C=O) groups excluding carboxylic acids is 1. The van der Waals surface area contributed by atoms with Gasteiger partial charge in [-0.15, -0.1) is 0 Å². The number of esters is 1. The van der Waals surface area contributed by atoms with E-state index in [1.54, 1.807) is 12.2 Å². The number of fused-ring (bicyclic) bond motifs is 1. The van der Waals surface area contributed by atoms with Crippen molar-refractivity contribution in [3.63, 3.8) is 0 Å². The zero-order valence-electron chi connectivity index (χ0n) is 17.4. The number of aliphatic hydroxyl groups excluding tert-OH is 5. The van der Waals surface area contributed by atoms with Crippen LogP contribution in [0.15, 0.2) is 48.3 Å². The van der Waals surface area contributed by atoms with Gasteiger partial charge in [0.1, 0.15) is 36.3 Å². The van der Waals surface area contributed by atoms with Crippen molar-refractivity contribution >= 4 is 5.97 Å². The lowest BCUT2D eigenvalue weighted by molar-refractivity contribution is -0.339. The Bertz CT molecular complexity index is 896. The van der Waals surface area contributed by atoms with Gasteiger partial charge < -0.3 is 49.6 Å². The molecule has 3 aliphatic rings. The first-order valence-corrected chi connectivity index (χ1v) is 10.4. The van der Waals surface area contributed by atoms with E-state index in [1.165, 1.54) is 30.5 Å². The molecule has 11 nitrogen and oxygen atoms in total. The van der Waals surface area contributed by atoms with Crippen LogP contribution in [0.1, 0.15) is 10.4 Å². The van der Waals surface area contributed by atoms with Gasteiger partial charge in [0.25, 0.3) is 0 Å². The van der Waals surface area contributed by atoms with Crippen molar-refractivity contribution in [2.24, 2.45) is 11.8 Å². The Balaban J connectivity index is 1.49. The van der Waals surface area contributed by atoms with Gasteiger partial charge in [0.2, 0.25) is 6.29 Å². The first-order valence-electron chi connectivity index (χ1n) is 10.4. The Kier molecular flexibility index (Phi) is 7.00. The van der Waals surface area contributed by atoms with Crippen molar-refractivity contribution in [2.75, 3.05) is 13.2 Å². The van der Waals surface area contributed by atoms with Crippen LogP contribution in [-0.2, 0) is 18.9 Å². The third-order valence-corrected chi connectivity index (χ3v) is 6.05. The van der Waals surface area contributed by atoms with E-state index in [-0.39, 0.29) is 17.9 Å². The van der Waals surface area contributed by atoms with E-state index in [0.29, 0.717) is 5.57 Å². The number of hydrogen-bond acceptors (Lipinski definition) is 11. The van der Waals surface area contributed by atoms with E-state index in [0.717, 1.165) is 0 Å². The Hall–Kier alpha value is -2.51. The zero-order valence-corrected chi connectivity index (χ0v) is 17.4. The number of phenols is 1. The molecule has 6 N–H and O–H groups in total. The number of phenolic OH excluding ortho intramolecular Hbond substituents is 1. The van der Waals surface area contributed by atoms with E-state index >= 15 is 0 Å². The van der Waals surface area contributed by atoms with E-state index in [2.05, 4.69) is 0 Å². The van der Waals surface area contributed by atoms with Crippen LogP contribution in [0.4, 0.5) is 0 Å². The fourth-order valence-corrected chi connectivity index (χ4v) is 4.26. The van der Waals surface area contributed by atoms with Crippen LogP contribution in [0.3, 0.4) is 0 Å². The second kappa shape index (κ2) is 9.77. The molecular weight excluding hydrogens is 440 g/mol. The second-order valence-corrected chi connectivity index (χ2v) is 8.09. The number of aromatic hydroxyl groups is 1. The quantitative estimate of drug-likeness (QED) is 0.219. The summed E-state index contributed by atoms with van der Waals surface area (Å²) in [5.74, 6) is -1.68. The summed E-state index contributed by atoms with van der Waals surface area (Å²) in [5.41, 5.74) is 0.711. The van der Waals surface area contributed by atoms with Crippen LogP contribution in [0.5, 0.6) is 5.75 Å². The molecule has 1 saturated heterocycles. The van der Waals surface area contributed by atoms with Gasteiger partial charge in [-0.2, -0.15) is 0 Å². The first-order chi connectivity index (χ1) is 15.8. The molecule has 0 spiro atoms. The van der Waals surface area contributed by atoms with Crippen LogP contribution >= 0.6 is 0 Å². The summed E-state index contributed by atoms with van der Waals surface area (Å²) < 4.78 is 22.3. The molecule has 1 fully saturated rings. The molecule has 11 heteroatoms. The Morgan fingerprint density at radius 3 is 2.39 bits per heavy atom. The molecular formula is C22H26O11. The molecule has 7 unspecified atom stereocenters. The predicted molar refractivity (Wildman–Crippen MR) is 108 cm³/mol. The van der Waals surface area contributed by atoms with Crippen LogP contribution in [0.25, 0.3) is 0 Å². The van der Waals surface area contributed by atoms with Gasteiger partial charge in [-0.3, -0.25) is 0 Å². The lowest BCUT2D eigenvalue weighted by atomic mass is 9.88. The second-order valence-electron chi connectivity index (χ2n) is 8.09. The first kappa shape index (κ1) is 23.6. The molecule has 9 atom stereocenters. The van der Waals surface area contributed by atoms with E-state index in [1.807, 2.05) is 0 Å². The van der Waals surface area contributed by atoms with Crippen molar-refractivity contribution in [3.05, 3.63) is 53.8 Å². The standard InChI is InChI=1S/C22H26O11/c23-8-11-7-14(31-20(29)10-1-3-12(25)4-2-10)13-5-6-30-21(16(11)13)33-22-19(28)18(27)17(26)15(9-24)32-22/h1-7,13-19,21-28H,8-9H2/t13-,14?,15?,16+,17?,18?,19?,21?,22?/m0/s1. The van der Waals surface area contributed by atoms with E-state index in [4.69, 9.17) is 18.9 Å². The molecule has 0 aromatic heterocycles. The highest BCUT2D eigenvalue weighted by molar-refractivity contribution is 5.89. The van der Waals surface area contributed by atoms with Gasteiger partial charge >= 0.3 is 5.97 Å². The van der Waals surface area contributed by atoms with E-state index < -0.39 is 67.5 Å². The van der Waals surface area contributed by atoms with Gasteiger partial charge in [-0.1, -0.05) is 0 Å². The molecule has 2 aliphatic heterocycles. The summed E-state index contributed by atoms with van der Waals surface area (Å²) in [4.78, 5) is 12.5. The molecule has 33 heavy (non-hydrogen) atoms. The molecule has 0 saturated carbocycles. The molecule has 1 aromatic rings. The Labute approximate surface area is 188 Å². The van der Waals surface area contributed by atoms with Crippen molar-refractivity contribution < 1.29 is 54.4 Å². The van der Waals surface area contributed by atoms with Gasteiger partial charge in [-0.25, -0.2) is 4.79 Å². The Morgan fingerprint density at radius 1 is 1.00 bits per heavy atom. The van der Waals surface area contributed by atoms with E-state index in [9.17, 15) is 35.4 Å². The smallest absolute Gasteiger partial charge is 0.338 e. The minimum Gasteiger partial charge on any atom is -0.508 e. The topological polar surface area (TPSA) is 175 Å². The highest BCUT2D eigenvalue weighted by atomic mass is 16.8. The fourth-order valence-electron chi connectivity index (χ4n) is 4.26. The summed E-state index contributed by atoms with van der Waals surface area (Å²) in [6.45, 7) is -0.987. The number of rotatable bonds is 6. The molecule has 0 amide bonds. The molecule has 2 heterocycles. The molecule has 0 bridgehead atoms. The van der Waals surface area contributed by atoms with Crippen LogP contribution in [-0.4, -0.2) is 92.9 Å². The van der Waals surface area contributed by atoms with Gasteiger partial charge in [0.15, 0.2) is 6.29 Å².